The summed E-state index contributed by atoms with van der Waals surface area (Å²) in [6.45, 7) is 0. The molecular weight excluding hydrogens is 202 g/mol. The number of nitrogens with zero attached hydrogens (tertiary/aromatic N) is 2. The van der Waals surface area contributed by atoms with Crippen molar-refractivity contribution >= 4 is 11.6 Å². The lowest BCUT2D eigenvalue weighted by atomic mass is 10.1. The molecule has 15 heavy (non-hydrogen) atoms. The first-order chi connectivity index (χ1) is 6.98. The van der Waals surface area contributed by atoms with E-state index in [9.17, 15) is 13.6 Å². The molecule has 0 saturated carbocycles. The molecule has 0 bridgehead atoms. The number of anilines is 1. The van der Waals surface area contributed by atoms with Crippen LogP contribution < -0.4 is 4.90 Å². The Hall–Kier alpha value is -1.96. The molecule has 2 rings (SSSR count). The predicted molar refractivity (Wildman–Crippen MR) is 48.5 cm³/mol. The smallest absolute Gasteiger partial charge is 0.309 e. The molecule has 5 heteroatoms. The van der Waals surface area contributed by atoms with Crippen molar-refractivity contribution in [1.29, 1.82) is 5.26 Å². The Labute approximate surface area is 84.5 Å². The molecule has 0 fully saturated rings. The van der Waals surface area contributed by atoms with E-state index < -0.39 is 17.4 Å². The Morgan fingerprint density at radius 3 is 2.73 bits per heavy atom. The lowest BCUT2D eigenvalue weighted by Gasteiger charge is -2.08. The molecule has 1 heterocycles. The van der Waals surface area contributed by atoms with Gasteiger partial charge < -0.3 is 4.90 Å². The van der Waals surface area contributed by atoms with Gasteiger partial charge >= 0.3 is 11.8 Å². The van der Waals surface area contributed by atoms with Crippen molar-refractivity contribution in [2.45, 2.75) is 5.92 Å². The van der Waals surface area contributed by atoms with Crippen molar-refractivity contribution in [3.8, 4) is 6.07 Å². The summed E-state index contributed by atoms with van der Waals surface area (Å²) in [5.41, 5.74) is -0.116. The fourth-order valence-corrected chi connectivity index (χ4v) is 1.58. The van der Waals surface area contributed by atoms with E-state index in [0.717, 1.165) is 11.0 Å². The number of carbonyl (C=O) groups excluding carboxylic acids is 1. The number of rotatable bonds is 0. The first kappa shape index (κ1) is 9.59. The minimum atomic E-state index is -3.52. The zero-order valence-corrected chi connectivity index (χ0v) is 7.79. The second-order valence-corrected chi connectivity index (χ2v) is 3.28. The third-order valence-electron chi connectivity index (χ3n) is 2.40. The van der Waals surface area contributed by atoms with E-state index in [1.54, 1.807) is 6.07 Å². The van der Waals surface area contributed by atoms with Gasteiger partial charge in [-0.05, 0) is 18.2 Å². The van der Waals surface area contributed by atoms with Crippen LogP contribution >= 0.6 is 0 Å². The highest BCUT2D eigenvalue weighted by Gasteiger charge is 2.51. The highest BCUT2D eigenvalue weighted by atomic mass is 19.3. The van der Waals surface area contributed by atoms with Crippen molar-refractivity contribution in [2.24, 2.45) is 0 Å². The molecule has 1 amide bonds. The number of carbonyl (C=O) groups is 1. The van der Waals surface area contributed by atoms with Gasteiger partial charge in [0.2, 0.25) is 0 Å². The monoisotopic (exact) mass is 208 g/mol. The van der Waals surface area contributed by atoms with Crippen LogP contribution in [0, 0.1) is 11.3 Å². The maximum absolute atomic E-state index is 13.4. The Balaban J connectivity index is 2.69. The zero-order valence-electron chi connectivity index (χ0n) is 7.79. The third-order valence-corrected chi connectivity index (χ3v) is 2.40. The van der Waals surface area contributed by atoms with Crippen molar-refractivity contribution in [1.82, 2.24) is 0 Å². The highest BCUT2D eigenvalue weighted by molar-refractivity contribution is 6.05. The number of benzene rings is 1. The number of hydrogen-bond donors (Lipinski definition) is 0. The number of fused-ring (bicyclic) bond motifs is 1. The Morgan fingerprint density at radius 1 is 1.47 bits per heavy atom. The van der Waals surface area contributed by atoms with Gasteiger partial charge in [0, 0.05) is 7.05 Å². The van der Waals surface area contributed by atoms with Crippen molar-refractivity contribution in [2.75, 3.05) is 11.9 Å². The largest absolute Gasteiger partial charge is 0.352 e. The molecule has 76 valence electrons. The van der Waals surface area contributed by atoms with Crippen molar-refractivity contribution in [3.63, 3.8) is 0 Å². The number of nitriles is 1. The topological polar surface area (TPSA) is 44.1 Å². The number of hydrogen-bond acceptors (Lipinski definition) is 2. The molecule has 1 aromatic rings. The predicted octanol–water partition coefficient (Wildman–Crippen LogP) is 1.63. The van der Waals surface area contributed by atoms with Gasteiger partial charge in [-0.15, -0.1) is 0 Å². The zero-order chi connectivity index (χ0) is 11.2. The summed E-state index contributed by atoms with van der Waals surface area (Å²) in [4.78, 5) is 12.1. The van der Waals surface area contributed by atoms with E-state index >= 15 is 0 Å². The summed E-state index contributed by atoms with van der Waals surface area (Å²) in [6.07, 6.45) is 0. The Kier molecular flexibility index (Phi) is 1.77. The second-order valence-electron chi connectivity index (χ2n) is 3.28. The molecule has 0 aromatic heterocycles. The van der Waals surface area contributed by atoms with Gasteiger partial charge in [0.25, 0.3) is 0 Å². The van der Waals surface area contributed by atoms with E-state index in [-0.39, 0.29) is 11.3 Å². The first-order valence-corrected chi connectivity index (χ1v) is 4.19. The summed E-state index contributed by atoms with van der Waals surface area (Å²) in [6, 6.07) is 5.57. The molecular formula is C10H6F2N2O. The van der Waals surface area contributed by atoms with Gasteiger partial charge in [0.1, 0.15) is 0 Å². The Morgan fingerprint density at radius 2 is 2.13 bits per heavy atom. The normalized spacial score (nSPS) is 17.5. The van der Waals surface area contributed by atoms with E-state index in [2.05, 4.69) is 0 Å². The van der Waals surface area contributed by atoms with E-state index in [0.29, 0.717) is 0 Å². The minimum Gasteiger partial charge on any atom is -0.309 e. The lowest BCUT2D eigenvalue weighted by Crippen LogP contribution is -2.31. The van der Waals surface area contributed by atoms with Gasteiger partial charge in [0.15, 0.2) is 0 Å². The summed E-state index contributed by atoms with van der Waals surface area (Å²) in [5.74, 6) is -4.77. The number of halogens is 2. The standard InChI is InChI=1S/C10H6F2N2O/c1-14-8-3-2-6(5-13)4-7(8)10(11,12)9(14)15/h2-4H,1H3. The molecule has 0 N–H and O–H groups in total. The first-order valence-electron chi connectivity index (χ1n) is 4.19. The maximum Gasteiger partial charge on any atom is 0.352 e. The van der Waals surface area contributed by atoms with Crippen LogP contribution in [-0.4, -0.2) is 13.0 Å². The van der Waals surface area contributed by atoms with Crippen LogP contribution in [0.15, 0.2) is 18.2 Å². The van der Waals surface area contributed by atoms with Crippen LogP contribution in [0.2, 0.25) is 0 Å². The third kappa shape index (κ3) is 1.11. The van der Waals surface area contributed by atoms with Crippen LogP contribution in [-0.2, 0) is 10.7 Å². The quantitative estimate of drug-likeness (QED) is 0.650. The van der Waals surface area contributed by atoms with Gasteiger partial charge in [-0.1, -0.05) is 0 Å². The van der Waals surface area contributed by atoms with Crippen LogP contribution in [0.4, 0.5) is 14.5 Å². The molecule has 0 radical (unpaired) electrons. The summed E-state index contributed by atoms with van der Waals surface area (Å²) >= 11 is 0. The average molecular weight is 208 g/mol. The van der Waals surface area contributed by atoms with Crippen molar-refractivity contribution < 1.29 is 13.6 Å². The molecule has 0 aliphatic carbocycles. The van der Waals surface area contributed by atoms with Gasteiger partial charge in [-0.3, -0.25) is 4.79 Å². The highest BCUT2D eigenvalue weighted by Crippen LogP contribution is 2.43. The van der Waals surface area contributed by atoms with Crippen LogP contribution in [0.25, 0.3) is 0 Å². The Bertz CT molecular complexity index is 491. The number of alkyl halides is 2. The average Bonchev–Trinajstić information content (AvgIpc) is 2.40. The summed E-state index contributed by atoms with van der Waals surface area (Å²) in [7, 11) is 1.29. The van der Waals surface area contributed by atoms with Gasteiger partial charge in [0.05, 0.1) is 22.9 Å². The molecule has 1 aliphatic heterocycles. The molecule has 0 saturated heterocycles. The minimum absolute atomic E-state index is 0.122. The number of amides is 1. The molecule has 1 aromatic carbocycles. The van der Waals surface area contributed by atoms with Crippen LogP contribution in [0.1, 0.15) is 11.1 Å². The summed E-state index contributed by atoms with van der Waals surface area (Å²) < 4.78 is 26.8. The van der Waals surface area contributed by atoms with Crippen LogP contribution in [0.5, 0.6) is 0 Å². The molecule has 0 spiro atoms. The fourth-order valence-electron chi connectivity index (χ4n) is 1.58. The second kappa shape index (κ2) is 2.76. The van der Waals surface area contributed by atoms with Gasteiger partial charge in [-0.25, -0.2) is 0 Å². The van der Waals surface area contributed by atoms with E-state index in [1.165, 1.54) is 19.2 Å². The molecule has 1 aliphatic rings. The SMILES string of the molecule is CN1C(=O)C(F)(F)c2cc(C#N)ccc21. The molecule has 3 nitrogen and oxygen atoms in total. The molecule has 0 atom stereocenters. The van der Waals surface area contributed by atoms with E-state index in [1.807, 2.05) is 0 Å². The fraction of sp³-hybridized carbons (Fsp3) is 0.200. The summed E-state index contributed by atoms with van der Waals surface area (Å²) in [5, 5.41) is 8.58. The van der Waals surface area contributed by atoms with Gasteiger partial charge in [-0.2, -0.15) is 14.0 Å². The van der Waals surface area contributed by atoms with E-state index in [4.69, 9.17) is 5.26 Å². The maximum atomic E-state index is 13.4. The molecule has 0 unspecified atom stereocenters. The van der Waals surface area contributed by atoms with Crippen LogP contribution in [0.3, 0.4) is 0 Å². The lowest BCUT2D eigenvalue weighted by molar-refractivity contribution is -0.141. The van der Waals surface area contributed by atoms with Crippen molar-refractivity contribution in [3.05, 3.63) is 29.3 Å². The number of likely N-dealkylation sites (N-methyl/N-ethyl adjacent to an activating group) is 1.